The number of rotatable bonds is 4. The SMILES string of the molecule is Cc1cc2c(Nc3ccc(C(C)C)cc3)nc(N3CCCC3)nc2[nH]1. The fourth-order valence-corrected chi connectivity index (χ4v) is 3.37. The van der Waals surface area contributed by atoms with Gasteiger partial charge in [-0.05, 0) is 49.4 Å². The maximum Gasteiger partial charge on any atom is 0.229 e. The van der Waals surface area contributed by atoms with Crippen LogP contribution in [0.1, 0.15) is 43.9 Å². The normalized spacial score (nSPS) is 14.6. The third-order valence-electron chi connectivity index (χ3n) is 4.84. The highest BCUT2D eigenvalue weighted by Crippen LogP contribution is 2.28. The molecule has 1 aliphatic rings. The van der Waals surface area contributed by atoms with E-state index in [1.54, 1.807) is 0 Å². The predicted octanol–water partition coefficient (Wildman–Crippen LogP) is 4.73. The third kappa shape index (κ3) is 3.18. The Morgan fingerprint density at radius 2 is 1.80 bits per heavy atom. The van der Waals surface area contributed by atoms with Gasteiger partial charge in [0, 0.05) is 24.5 Å². The van der Waals surface area contributed by atoms with Crippen molar-refractivity contribution in [3.63, 3.8) is 0 Å². The van der Waals surface area contributed by atoms with Gasteiger partial charge >= 0.3 is 0 Å². The van der Waals surface area contributed by atoms with Crippen LogP contribution in [-0.4, -0.2) is 28.0 Å². The molecule has 0 aliphatic carbocycles. The largest absolute Gasteiger partial charge is 0.343 e. The first-order chi connectivity index (χ1) is 12.1. The number of benzene rings is 1. The smallest absolute Gasteiger partial charge is 0.229 e. The lowest BCUT2D eigenvalue weighted by molar-refractivity contribution is 0.867. The van der Waals surface area contributed by atoms with Gasteiger partial charge in [0.2, 0.25) is 5.95 Å². The molecule has 1 aromatic carbocycles. The monoisotopic (exact) mass is 335 g/mol. The van der Waals surface area contributed by atoms with E-state index in [9.17, 15) is 0 Å². The zero-order valence-electron chi connectivity index (χ0n) is 15.1. The fourth-order valence-electron chi connectivity index (χ4n) is 3.37. The van der Waals surface area contributed by atoms with Crippen LogP contribution < -0.4 is 10.2 Å². The molecule has 0 saturated carbocycles. The Bertz CT molecular complexity index is 873. The summed E-state index contributed by atoms with van der Waals surface area (Å²) in [6.45, 7) is 8.54. The highest BCUT2D eigenvalue weighted by Gasteiger charge is 2.18. The molecule has 0 amide bonds. The molecule has 1 fully saturated rings. The van der Waals surface area contributed by atoms with Gasteiger partial charge in [0.15, 0.2) is 0 Å². The van der Waals surface area contributed by atoms with E-state index in [-0.39, 0.29) is 0 Å². The quantitative estimate of drug-likeness (QED) is 0.723. The topological polar surface area (TPSA) is 56.8 Å². The van der Waals surface area contributed by atoms with Crippen molar-refractivity contribution in [1.29, 1.82) is 0 Å². The van der Waals surface area contributed by atoms with E-state index in [4.69, 9.17) is 9.97 Å². The summed E-state index contributed by atoms with van der Waals surface area (Å²) in [5, 5.41) is 4.53. The second kappa shape index (κ2) is 6.39. The van der Waals surface area contributed by atoms with Crippen LogP contribution in [0, 0.1) is 6.92 Å². The van der Waals surface area contributed by atoms with E-state index in [0.29, 0.717) is 5.92 Å². The Kier molecular flexibility index (Phi) is 4.07. The van der Waals surface area contributed by atoms with E-state index < -0.39 is 0 Å². The summed E-state index contributed by atoms with van der Waals surface area (Å²) in [6.07, 6.45) is 2.43. The minimum Gasteiger partial charge on any atom is -0.343 e. The molecule has 5 heteroatoms. The molecule has 0 spiro atoms. The Hall–Kier alpha value is -2.56. The zero-order chi connectivity index (χ0) is 17.4. The van der Waals surface area contributed by atoms with E-state index in [1.807, 2.05) is 0 Å². The van der Waals surface area contributed by atoms with Crippen molar-refractivity contribution in [3.8, 4) is 0 Å². The van der Waals surface area contributed by atoms with Crippen molar-refractivity contribution in [2.24, 2.45) is 0 Å². The van der Waals surface area contributed by atoms with Crippen LogP contribution in [-0.2, 0) is 0 Å². The standard InChI is InChI=1S/C20H25N5/c1-13(2)15-6-8-16(9-7-15)22-19-17-12-14(3)21-18(17)23-20(24-19)25-10-4-5-11-25/h6-9,12-13H,4-5,10-11H2,1-3H3,(H2,21,22,23,24). The van der Waals surface area contributed by atoms with Crippen LogP contribution in [0.15, 0.2) is 30.3 Å². The van der Waals surface area contributed by atoms with Crippen molar-refractivity contribution in [2.75, 3.05) is 23.3 Å². The molecule has 25 heavy (non-hydrogen) atoms. The molecule has 1 aliphatic heterocycles. The number of aromatic amines is 1. The molecular formula is C20H25N5. The van der Waals surface area contributed by atoms with E-state index in [1.165, 1.54) is 18.4 Å². The predicted molar refractivity (Wildman–Crippen MR) is 104 cm³/mol. The van der Waals surface area contributed by atoms with E-state index >= 15 is 0 Å². The van der Waals surface area contributed by atoms with Gasteiger partial charge < -0.3 is 15.2 Å². The summed E-state index contributed by atoms with van der Waals surface area (Å²) in [6, 6.07) is 10.7. The fraction of sp³-hybridized carbons (Fsp3) is 0.400. The Morgan fingerprint density at radius 1 is 1.08 bits per heavy atom. The number of aryl methyl sites for hydroxylation is 1. The first-order valence-corrected chi connectivity index (χ1v) is 9.09. The second-order valence-electron chi connectivity index (χ2n) is 7.18. The molecule has 0 bridgehead atoms. The Balaban J connectivity index is 1.71. The van der Waals surface area contributed by atoms with Crippen molar-refractivity contribution >= 4 is 28.5 Å². The number of hydrogen-bond donors (Lipinski definition) is 2. The van der Waals surface area contributed by atoms with Gasteiger partial charge in [-0.2, -0.15) is 9.97 Å². The molecule has 1 saturated heterocycles. The van der Waals surface area contributed by atoms with Gasteiger partial charge in [-0.1, -0.05) is 26.0 Å². The average molecular weight is 335 g/mol. The molecule has 0 atom stereocenters. The molecule has 0 radical (unpaired) electrons. The number of nitrogens with zero attached hydrogens (tertiary/aromatic N) is 3. The summed E-state index contributed by atoms with van der Waals surface area (Å²) >= 11 is 0. The highest BCUT2D eigenvalue weighted by molar-refractivity contribution is 5.90. The molecule has 0 unspecified atom stereocenters. The summed E-state index contributed by atoms with van der Waals surface area (Å²) in [7, 11) is 0. The summed E-state index contributed by atoms with van der Waals surface area (Å²) in [5.74, 6) is 2.22. The lowest BCUT2D eigenvalue weighted by atomic mass is 10.0. The van der Waals surface area contributed by atoms with Gasteiger partial charge in [0.1, 0.15) is 11.5 Å². The number of nitrogens with one attached hydrogen (secondary N) is 2. The van der Waals surface area contributed by atoms with E-state index in [0.717, 1.165) is 47.3 Å². The van der Waals surface area contributed by atoms with Gasteiger partial charge in [0.25, 0.3) is 0 Å². The molecule has 130 valence electrons. The molecule has 4 rings (SSSR count). The van der Waals surface area contributed by atoms with Crippen LogP contribution in [0.2, 0.25) is 0 Å². The van der Waals surface area contributed by atoms with Gasteiger partial charge in [-0.25, -0.2) is 0 Å². The average Bonchev–Trinajstić information content (AvgIpc) is 3.24. The Labute approximate surface area is 148 Å². The summed E-state index contributed by atoms with van der Waals surface area (Å²) in [5.41, 5.74) is 4.39. The first kappa shape index (κ1) is 15.9. The van der Waals surface area contributed by atoms with Crippen LogP contribution in [0.3, 0.4) is 0 Å². The van der Waals surface area contributed by atoms with Crippen molar-refractivity contribution < 1.29 is 0 Å². The van der Waals surface area contributed by atoms with Crippen LogP contribution in [0.4, 0.5) is 17.5 Å². The van der Waals surface area contributed by atoms with Crippen molar-refractivity contribution in [2.45, 2.75) is 39.5 Å². The van der Waals surface area contributed by atoms with Gasteiger partial charge in [-0.15, -0.1) is 0 Å². The minimum absolute atomic E-state index is 0.536. The molecular weight excluding hydrogens is 310 g/mol. The maximum atomic E-state index is 4.83. The molecule has 2 aromatic heterocycles. The van der Waals surface area contributed by atoms with Crippen LogP contribution in [0.5, 0.6) is 0 Å². The summed E-state index contributed by atoms with van der Waals surface area (Å²) < 4.78 is 0. The number of hydrogen-bond acceptors (Lipinski definition) is 4. The second-order valence-corrected chi connectivity index (χ2v) is 7.18. The number of anilines is 3. The molecule has 3 heterocycles. The molecule has 5 nitrogen and oxygen atoms in total. The zero-order valence-corrected chi connectivity index (χ0v) is 15.1. The van der Waals surface area contributed by atoms with Gasteiger partial charge in [0.05, 0.1) is 5.39 Å². The lowest BCUT2D eigenvalue weighted by Gasteiger charge is -2.17. The van der Waals surface area contributed by atoms with E-state index in [2.05, 4.69) is 66.3 Å². The third-order valence-corrected chi connectivity index (χ3v) is 4.84. The highest BCUT2D eigenvalue weighted by atomic mass is 15.3. The number of fused-ring (bicyclic) bond motifs is 1. The van der Waals surface area contributed by atoms with Gasteiger partial charge in [-0.3, -0.25) is 0 Å². The van der Waals surface area contributed by atoms with Crippen molar-refractivity contribution in [1.82, 2.24) is 15.0 Å². The van der Waals surface area contributed by atoms with Crippen LogP contribution >= 0.6 is 0 Å². The van der Waals surface area contributed by atoms with Crippen LogP contribution in [0.25, 0.3) is 11.0 Å². The molecule has 3 aromatic rings. The Morgan fingerprint density at radius 3 is 2.48 bits per heavy atom. The first-order valence-electron chi connectivity index (χ1n) is 9.09. The minimum atomic E-state index is 0.536. The number of aromatic nitrogens is 3. The lowest BCUT2D eigenvalue weighted by Crippen LogP contribution is -2.20. The van der Waals surface area contributed by atoms with Crippen molar-refractivity contribution in [3.05, 3.63) is 41.6 Å². The molecule has 2 N–H and O–H groups in total. The maximum absolute atomic E-state index is 4.83. The summed E-state index contributed by atoms with van der Waals surface area (Å²) in [4.78, 5) is 15.2. The number of H-pyrrole nitrogens is 1.